The number of aliphatic hydroxyl groups excluding tert-OH is 3. The number of carbonyl (C=O) groups excluding carboxylic acids is 1. The number of allylic oxidation sites excluding steroid dienone is 1. The number of hydrogen-bond acceptors (Lipinski definition) is 14. The summed E-state index contributed by atoms with van der Waals surface area (Å²) in [6.45, 7) is 18.7. The highest BCUT2D eigenvalue weighted by Gasteiger charge is 2.32. The van der Waals surface area contributed by atoms with Gasteiger partial charge in [0.2, 0.25) is 5.91 Å². The third kappa shape index (κ3) is 15.7. The number of fused-ring (bicyclic) bond motifs is 8. The largest absolute Gasteiger partial charge is 0.400 e. The molecule has 5 N–H and O–H groups in total. The Morgan fingerprint density at radius 3 is 1.97 bits per heavy atom. The van der Waals surface area contributed by atoms with Crippen LogP contribution in [-0.4, -0.2) is 172 Å². The zero-order valence-corrected chi connectivity index (χ0v) is 42.5. The number of rotatable bonds is 26. The summed E-state index contributed by atoms with van der Waals surface area (Å²) >= 11 is 0. The lowest BCUT2D eigenvalue weighted by molar-refractivity contribution is -0.226. The van der Waals surface area contributed by atoms with Gasteiger partial charge in [0, 0.05) is 97.9 Å². The molecule has 3 aromatic rings. The van der Waals surface area contributed by atoms with E-state index in [-0.39, 0.29) is 31.0 Å². The fourth-order valence-corrected chi connectivity index (χ4v) is 8.91. The van der Waals surface area contributed by atoms with Gasteiger partial charge in [0.1, 0.15) is 0 Å². The fourth-order valence-electron chi connectivity index (χ4n) is 8.91. The molecule has 6 rings (SSSR count). The zero-order valence-electron chi connectivity index (χ0n) is 42.5. The Bertz CT molecular complexity index is 2280. The highest BCUT2D eigenvalue weighted by Crippen LogP contribution is 2.42. The average molecular weight is 966 g/mol. The lowest BCUT2D eigenvalue weighted by atomic mass is 9.85. The number of methoxy groups -OCH3 is 1. The summed E-state index contributed by atoms with van der Waals surface area (Å²) < 4.78 is 45.1. The number of nitrogens with one attached hydrogen (secondary N) is 2. The van der Waals surface area contributed by atoms with E-state index in [1.807, 2.05) is 7.05 Å². The smallest absolute Gasteiger partial charge is 0.222 e. The Morgan fingerprint density at radius 2 is 1.36 bits per heavy atom. The first-order valence-electron chi connectivity index (χ1n) is 24.5. The average Bonchev–Trinajstić information content (AvgIpc) is 4.05. The van der Waals surface area contributed by atoms with Crippen LogP contribution in [0.25, 0.3) is 33.7 Å². The Balaban J connectivity index is 0.00000438. The van der Waals surface area contributed by atoms with E-state index in [9.17, 15) is 15.0 Å². The summed E-state index contributed by atoms with van der Waals surface area (Å²) in [5, 5.41) is 27.3. The summed E-state index contributed by atoms with van der Waals surface area (Å²) in [5.41, 5.74) is 13.9. The molecule has 5 atom stereocenters. The first-order chi connectivity index (χ1) is 33.4. The van der Waals surface area contributed by atoms with E-state index in [2.05, 4.69) is 75.8 Å². The van der Waals surface area contributed by atoms with E-state index in [1.165, 1.54) is 11.1 Å². The van der Waals surface area contributed by atoms with Crippen molar-refractivity contribution in [2.75, 3.05) is 107 Å². The molecule has 8 bridgehead atoms. The molecule has 0 aliphatic carbocycles. The molecule has 3 aliphatic rings. The van der Waals surface area contributed by atoms with E-state index < -0.39 is 18.5 Å². The molecule has 0 aromatic carbocycles. The number of carbonyl (C=O) groups is 1. The maximum atomic E-state index is 13.6. The van der Waals surface area contributed by atoms with Crippen molar-refractivity contribution in [1.29, 1.82) is 0 Å². The van der Waals surface area contributed by atoms with Crippen LogP contribution in [0.3, 0.4) is 0 Å². The number of aryl methyl sites for hydroxylation is 3. The second-order valence-electron chi connectivity index (χ2n) is 17.8. The minimum Gasteiger partial charge on any atom is -0.400 e. The summed E-state index contributed by atoms with van der Waals surface area (Å²) in [6.07, 6.45) is 2.94. The molecular formula is C52H79N5O12. The fraction of sp³-hybridized carbons (Fsp3) is 0.635. The minimum atomic E-state index is -0.649. The zero-order chi connectivity index (χ0) is 49.9. The molecule has 1 saturated heterocycles. The van der Waals surface area contributed by atoms with Gasteiger partial charge in [-0.25, -0.2) is 4.98 Å². The van der Waals surface area contributed by atoms with Crippen molar-refractivity contribution < 1.29 is 58.0 Å². The van der Waals surface area contributed by atoms with Gasteiger partial charge in [0.25, 0.3) is 0 Å². The van der Waals surface area contributed by atoms with Crippen LogP contribution in [0.4, 0.5) is 0 Å². The second-order valence-corrected chi connectivity index (χ2v) is 17.8. The van der Waals surface area contributed by atoms with Gasteiger partial charge >= 0.3 is 0 Å². The van der Waals surface area contributed by atoms with Crippen molar-refractivity contribution in [3.05, 3.63) is 68.8 Å². The molecule has 0 radical (unpaired) electrons. The molecular weight excluding hydrogens is 887 g/mol. The normalized spacial score (nSPS) is 19.1. The van der Waals surface area contributed by atoms with Gasteiger partial charge in [-0.15, -0.1) is 0 Å². The number of likely N-dealkylation sites (N-methyl/N-ethyl adjacent to an activating group) is 1. The third-order valence-corrected chi connectivity index (χ3v) is 13.1. The third-order valence-electron chi connectivity index (χ3n) is 13.1. The van der Waals surface area contributed by atoms with Gasteiger partial charge in [-0.05, 0) is 92.6 Å². The lowest BCUT2D eigenvalue weighted by Crippen LogP contribution is -2.38. The van der Waals surface area contributed by atoms with E-state index >= 15 is 0 Å². The monoisotopic (exact) mass is 966 g/mol. The first-order valence-corrected chi connectivity index (χ1v) is 24.5. The summed E-state index contributed by atoms with van der Waals surface area (Å²) in [7, 11) is 4.47. The van der Waals surface area contributed by atoms with Crippen molar-refractivity contribution in [2.45, 2.75) is 111 Å². The molecule has 384 valence electrons. The molecule has 6 heterocycles. The first kappa shape index (κ1) is 55.8. The number of aromatic amines is 2. The van der Waals surface area contributed by atoms with Crippen molar-refractivity contribution in [1.82, 2.24) is 24.8 Å². The van der Waals surface area contributed by atoms with Crippen molar-refractivity contribution >= 4 is 39.6 Å². The number of aromatic nitrogens is 4. The van der Waals surface area contributed by atoms with Gasteiger partial charge in [-0.2, -0.15) is 0 Å². The Hall–Kier alpha value is -4.11. The van der Waals surface area contributed by atoms with Crippen molar-refractivity contribution in [3.8, 4) is 0 Å². The van der Waals surface area contributed by atoms with Crippen molar-refractivity contribution in [2.24, 2.45) is 0 Å². The van der Waals surface area contributed by atoms with Crippen LogP contribution >= 0.6 is 0 Å². The maximum absolute atomic E-state index is 13.6. The van der Waals surface area contributed by atoms with Gasteiger partial charge < -0.3 is 68.1 Å². The van der Waals surface area contributed by atoms with E-state index in [0.717, 1.165) is 80.6 Å². The van der Waals surface area contributed by atoms with Gasteiger partial charge in [-0.3, -0.25) is 9.78 Å². The SMILES string of the molecule is CCc1c(C)c2cc3[nH]c(cc4nc(c(C)c5nc(cc1[nH]2)C(C)=C5)[C@@H](CCC(=O)N(C)CCOCCOCCOCCOCCOCCOC)C4C)c(C)c3COC1CC(O)CC(CO)O1.CO. The standard InChI is InChI=1S/C51H75N5O11.CH4O/c1-9-39-33(3)45-29-48-41(31-66-50-26-37(58)25-38(30-57)67-50)35(5)44(54-48)28-46-34(4)40(51(55-46)36(6)43-24-32(2)42(52-43)27-47(39)53-45)10-11-49(59)56(7)12-13-61-16-17-63-20-21-65-23-22-64-19-18-62-15-14-60-8;1-2/h24,27-29,34,37-38,40,50,53-54,57-58H,9-23,25-26,30-31H2,1-8H3;2H,1H3/t34?,37?,38?,40-,50?;/m0./s1. The van der Waals surface area contributed by atoms with Crippen LogP contribution < -0.4 is 0 Å². The van der Waals surface area contributed by atoms with Gasteiger partial charge in [-0.1, -0.05) is 13.8 Å². The molecule has 69 heavy (non-hydrogen) atoms. The number of nitrogens with zero attached hydrogens (tertiary/aromatic N) is 3. The Labute approximate surface area is 407 Å². The van der Waals surface area contributed by atoms with E-state index in [4.69, 9.17) is 53.0 Å². The maximum Gasteiger partial charge on any atom is 0.222 e. The molecule has 1 fully saturated rings. The van der Waals surface area contributed by atoms with E-state index in [0.29, 0.717) is 105 Å². The number of aliphatic hydroxyl groups is 3. The molecule has 0 spiro atoms. The molecule has 3 aliphatic heterocycles. The van der Waals surface area contributed by atoms with Crippen molar-refractivity contribution in [3.63, 3.8) is 0 Å². The molecule has 0 saturated carbocycles. The molecule has 4 unspecified atom stereocenters. The van der Waals surface area contributed by atoms with Crippen LogP contribution in [0.15, 0.2) is 18.2 Å². The number of amides is 1. The number of hydrogen-bond donors (Lipinski definition) is 5. The number of ether oxygens (including phenoxy) is 8. The predicted molar refractivity (Wildman–Crippen MR) is 266 cm³/mol. The quantitative estimate of drug-likeness (QED) is 0.0568. The molecule has 3 aromatic heterocycles. The van der Waals surface area contributed by atoms with Crippen LogP contribution in [0.2, 0.25) is 0 Å². The Kier molecular flexibility index (Phi) is 23.2. The van der Waals surface area contributed by atoms with E-state index in [1.54, 1.807) is 12.0 Å². The molecule has 1 amide bonds. The summed E-state index contributed by atoms with van der Waals surface area (Å²) in [6, 6.07) is 6.43. The van der Waals surface area contributed by atoms with Crippen LogP contribution in [0, 0.1) is 20.8 Å². The van der Waals surface area contributed by atoms with Crippen LogP contribution in [0.5, 0.6) is 0 Å². The Morgan fingerprint density at radius 1 is 0.783 bits per heavy atom. The molecule has 17 nitrogen and oxygen atoms in total. The second kappa shape index (κ2) is 28.7. The van der Waals surface area contributed by atoms with Gasteiger partial charge in [0.15, 0.2) is 6.29 Å². The summed E-state index contributed by atoms with van der Waals surface area (Å²) in [5.74, 6) is 0.0511. The predicted octanol–water partition coefficient (Wildman–Crippen LogP) is 6.20. The lowest BCUT2D eigenvalue weighted by Gasteiger charge is -2.32. The highest BCUT2D eigenvalue weighted by atomic mass is 16.7. The van der Waals surface area contributed by atoms with Crippen LogP contribution in [-0.2, 0) is 55.7 Å². The summed E-state index contributed by atoms with van der Waals surface area (Å²) in [4.78, 5) is 33.3. The minimum absolute atomic E-state index is 0.0154. The highest BCUT2D eigenvalue weighted by molar-refractivity contribution is 5.85. The topological polar surface area (TPSA) is 212 Å². The molecule has 17 heteroatoms. The van der Waals surface area contributed by atoms with Crippen LogP contribution in [0.1, 0.15) is 109 Å². The van der Waals surface area contributed by atoms with Gasteiger partial charge in [0.05, 0.1) is 109 Å². The number of H-pyrrole nitrogens is 2.